The molecule has 0 atom stereocenters. The number of hydrogen-bond acceptors (Lipinski definition) is 3. The van der Waals surface area contributed by atoms with Crippen LogP contribution >= 0.6 is 0 Å². The number of aromatic nitrogens is 1. The van der Waals surface area contributed by atoms with Crippen molar-refractivity contribution >= 4 is 11.1 Å². The fourth-order valence-electron chi connectivity index (χ4n) is 1.58. The molecule has 0 N–H and O–H groups in total. The van der Waals surface area contributed by atoms with E-state index in [9.17, 15) is 0 Å². The molecule has 1 aromatic heterocycles. The van der Waals surface area contributed by atoms with Crippen molar-refractivity contribution in [1.82, 2.24) is 4.98 Å². The van der Waals surface area contributed by atoms with Crippen molar-refractivity contribution < 1.29 is 4.42 Å². The monoisotopic (exact) mass is 244 g/mol. The van der Waals surface area contributed by atoms with E-state index < -0.39 is 0 Å². The van der Waals surface area contributed by atoms with Gasteiger partial charge in [-0.2, -0.15) is 5.26 Å². The highest BCUT2D eigenvalue weighted by molar-refractivity contribution is 5.73. The fraction of sp³-hybridized carbons (Fsp3) is 0.467. The van der Waals surface area contributed by atoms with Crippen LogP contribution in [0.3, 0.4) is 0 Å². The lowest BCUT2D eigenvalue weighted by atomic mass is 9.87. The molecule has 0 radical (unpaired) electrons. The molecule has 2 rings (SSSR count). The van der Waals surface area contributed by atoms with Crippen LogP contribution in [0.2, 0.25) is 0 Å². The minimum atomic E-state index is 0.0997. The van der Waals surface area contributed by atoms with Gasteiger partial charge in [-0.1, -0.05) is 40.7 Å². The van der Waals surface area contributed by atoms with E-state index in [4.69, 9.17) is 9.68 Å². The summed E-state index contributed by atoms with van der Waals surface area (Å²) in [5.41, 5.74) is 2.90. The van der Waals surface area contributed by atoms with Gasteiger partial charge in [0.1, 0.15) is 11.9 Å². The van der Waals surface area contributed by atoms with Crippen molar-refractivity contribution in [3.8, 4) is 6.07 Å². The molecule has 1 heterocycles. The Bertz CT molecular complexity index is 556. The molecule has 0 unspecified atom stereocenters. The molecule has 0 aliphatic heterocycles. The number of benzene rings is 1. The Labute approximate surface area is 108 Å². The first-order chi connectivity index (χ1) is 8.50. The van der Waals surface area contributed by atoms with Gasteiger partial charge in [-0.3, -0.25) is 0 Å². The highest BCUT2D eigenvalue weighted by Crippen LogP contribution is 2.26. The lowest BCUT2D eigenvalue weighted by molar-refractivity contribution is 0.548. The van der Waals surface area contributed by atoms with E-state index in [1.807, 2.05) is 38.1 Å². The van der Waals surface area contributed by atoms with Crippen LogP contribution in [0.25, 0.3) is 11.1 Å². The summed E-state index contributed by atoms with van der Waals surface area (Å²) in [5, 5.41) is 8.58. The molecule has 2 aromatic rings. The number of rotatable bonds is 1. The zero-order valence-electron chi connectivity index (χ0n) is 11.7. The third-order valence-corrected chi connectivity index (χ3v) is 2.53. The smallest absolute Gasteiger partial charge is 0.209 e. The Hall–Kier alpha value is -1.82. The predicted molar refractivity (Wildman–Crippen MR) is 73.4 cm³/mol. The van der Waals surface area contributed by atoms with Gasteiger partial charge in [0, 0.05) is 0 Å². The average molecular weight is 244 g/mol. The zero-order chi connectivity index (χ0) is 13.8. The second kappa shape index (κ2) is 5.68. The molecule has 0 amide bonds. The maximum atomic E-state index is 8.58. The third kappa shape index (κ3) is 3.10. The van der Waals surface area contributed by atoms with Gasteiger partial charge < -0.3 is 4.42 Å². The predicted octanol–water partition coefficient (Wildman–Crippen LogP) is 4.22. The van der Waals surface area contributed by atoms with E-state index in [-0.39, 0.29) is 11.8 Å². The van der Waals surface area contributed by atoms with Gasteiger partial charge in [-0.25, -0.2) is 4.98 Å². The lowest BCUT2D eigenvalue weighted by Crippen LogP contribution is -2.10. The summed E-state index contributed by atoms with van der Waals surface area (Å²) >= 11 is 0. The molecule has 0 saturated carbocycles. The molecule has 3 nitrogen and oxygen atoms in total. The van der Waals surface area contributed by atoms with Crippen molar-refractivity contribution in [3.63, 3.8) is 0 Å². The fourth-order valence-corrected chi connectivity index (χ4v) is 1.58. The van der Waals surface area contributed by atoms with E-state index in [1.165, 1.54) is 5.56 Å². The van der Waals surface area contributed by atoms with Crippen LogP contribution in [0.1, 0.15) is 46.1 Å². The first kappa shape index (κ1) is 14.2. The number of fused-ring (bicyclic) bond motifs is 1. The van der Waals surface area contributed by atoms with Gasteiger partial charge >= 0.3 is 0 Å². The summed E-state index contributed by atoms with van der Waals surface area (Å²) in [6, 6.07) is 8.03. The number of nitrogens with zero attached hydrogens (tertiary/aromatic N) is 2. The summed E-state index contributed by atoms with van der Waals surface area (Å²) in [5.74, 6) is 0.489. The second-order valence-corrected chi connectivity index (χ2v) is 4.87. The highest BCUT2D eigenvalue weighted by Gasteiger charge is 2.15. The molecule has 0 aliphatic carbocycles. The van der Waals surface area contributed by atoms with Crippen LogP contribution in [-0.4, -0.2) is 4.98 Å². The SMILES string of the molecule is CC.CC(C)(C)c1ccc2oc(CC#N)nc2c1. The van der Waals surface area contributed by atoms with E-state index in [0.717, 1.165) is 11.1 Å². The quantitative estimate of drug-likeness (QED) is 0.754. The van der Waals surface area contributed by atoms with E-state index in [0.29, 0.717) is 5.89 Å². The molecule has 0 fully saturated rings. The van der Waals surface area contributed by atoms with Crippen LogP contribution in [-0.2, 0) is 11.8 Å². The standard InChI is InChI=1S/C13H14N2O.C2H6/c1-13(2,3)9-4-5-11-10(8-9)15-12(16-11)6-7-14;1-2/h4-5,8H,6H2,1-3H3;1-2H3. The summed E-state index contributed by atoms with van der Waals surface area (Å²) in [6.45, 7) is 10.5. The van der Waals surface area contributed by atoms with Crippen molar-refractivity contribution in [2.24, 2.45) is 0 Å². The number of oxazole rings is 1. The van der Waals surface area contributed by atoms with Gasteiger partial charge in [0.2, 0.25) is 5.89 Å². The Balaban J connectivity index is 0.000000771. The first-order valence-corrected chi connectivity index (χ1v) is 6.27. The van der Waals surface area contributed by atoms with Crippen LogP contribution in [0, 0.1) is 11.3 Å². The molecule has 0 saturated heterocycles. The van der Waals surface area contributed by atoms with Gasteiger partial charge in [0.25, 0.3) is 0 Å². The Morgan fingerprint density at radius 2 is 1.94 bits per heavy atom. The Morgan fingerprint density at radius 1 is 1.28 bits per heavy atom. The normalized spacial score (nSPS) is 10.7. The van der Waals surface area contributed by atoms with Crippen LogP contribution in [0.15, 0.2) is 22.6 Å². The van der Waals surface area contributed by atoms with Crippen LogP contribution in [0.4, 0.5) is 0 Å². The minimum Gasteiger partial charge on any atom is -0.440 e. The largest absolute Gasteiger partial charge is 0.440 e. The summed E-state index contributed by atoms with van der Waals surface area (Å²) in [4.78, 5) is 4.29. The van der Waals surface area contributed by atoms with Crippen molar-refractivity contribution in [2.45, 2.75) is 46.5 Å². The lowest BCUT2D eigenvalue weighted by Gasteiger charge is -2.18. The molecule has 0 spiro atoms. The molecule has 0 aliphatic rings. The molecule has 1 aromatic carbocycles. The van der Waals surface area contributed by atoms with Crippen molar-refractivity contribution in [3.05, 3.63) is 29.7 Å². The first-order valence-electron chi connectivity index (χ1n) is 6.27. The van der Waals surface area contributed by atoms with Crippen molar-refractivity contribution in [2.75, 3.05) is 0 Å². The number of nitriles is 1. The molecule has 0 bridgehead atoms. The maximum absolute atomic E-state index is 8.58. The van der Waals surface area contributed by atoms with Crippen molar-refractivity contribution in [1.29, 1.82) is 5.26 Å². The molecule has 96 valence electrons. The van der Waals surface area contributed by atoms with E-state index >= 15 is 0 Å². The van der Waals surface area contributed by atoms with E-state index in [1.54, 1.807) is 0 Å². The number of hydrogen-bond donors (Lipinski definition) is 0. The molecular formula is C15H20N2O. The average Bonchev–Trinajstić information content (AvgIpc) is 2.72. The summed E-state index contributed by atoms with van der Waals surface area (Å²) < 4.78 is 5.44. The minimum absolute atomic E-state index is 0.0997. The summed E-state index contributed by atoms with van der Waals surface area (Å²) in [7, 11) is 0. The third-order valence-electron chi connectivity index (χ3n) is 2.53. The molecule has 18 heavy (non-hydrogen) atoms. The topological polar surface area (TPSA) is 49.8 Å². The van der Waals surface area contributed by atoms with Gasteiger partial charge in [0.15, 0.2) is 5.58 Å². The van der Waals surface area contributed by atoms with Gasteiger partial charge in [-0.05, 0) is 23.1 Å². The van der Waals surface area contributed by atoms with Crippen LogP contribution < -0.4 is 0 Å². The van der Waals surface area contributed by atoms with Gasteiger partial charge in [-0.15, -0.1) is 0 Å². The van der Waals surface area contributed by atoms with Crippen LogP contribution in [0.5, 0.6) is 0 Å². The Morgan fingerprint density at radius 3 is 2.50 bits per heavy atom. The molecule has 3 heteroatoms. The molecular weight excluding hydrogens is 224 g/mol. The maximum Gasteiger partial charge on any atom is 0.209 e. The Kier molecular flexibility index (Phi) is 4.49. The highest BCUT2D eigenvalue weighted by atomic mass is 16.3. The zero-order valence-corrected chi connectivity index (χ0v) is 11.7. The summed E-state index contributed by atoms with van der Waals surface area (Å²) in [6.07, 6.45) is 0.222. The van der Waals surface area contributed by atoms with Gasteiger partial charge in [0.05, 0.1) is 6.07 Å². The second-order valence-electron chi connectivity index (χ2n) is 4.87. The van der Waals surface area contributed by atoms with E-state index in [2.05, 4.69) is 25.8 Å².